The van der Waals surface area contributed by atoms with E-state index in [1.807, 2.05) is 0 Å². The molecule has 0 radical (unpaired) electrons. The van der Waals surface area contributed by atoms with Crippen LogP contribution in [0.25, 0.3) is 0 Å². The molecule has 0 saturated carbocycles. The minimum absolute atomic E-state index is 0.124. The first-order valence-electron chi connectivity index (χ1n) is 5.41. The Labute approximate surface area is 103 Å². The monoisotopic (exact) mass is 265 g/mol. The van der Waals surface area contributed by atoms with Gasteiger partial charge in [0.1, 0.15) is 12.4 Å². The lowest BCUT2D eigenvalue weighted by Gasteiger charge is -2.18. The molecule has 1 unspecified atom stereocenters. The molecule has 0 fully saturated rings. The van der Waals surface area contributed by atoms with Gasteiger partial charge in [-0.3, -0.25) is 0 Å². The van der Waals surface area contributed by atoms with Gasteiger partial charge in [0, 0.05) is 0 Å². The molecule has 1 aromatic rings. The molecule has 18 heavy (non-hydrogen) atoms. The van der Waals surface area contributed by atoms with Crippen molar-refractivity contribution in [2.45, 2.75) is 19.1 Å². The van der Waals surface area contributed by atoms with Crippen molar-refractivity contribution in [1.82, 2.24) is 5.32 Å². The number of aryl methyl sites for hydroxylation is 1. The third-order valence-corrected chi connectivity index (χ3v) is 2.48. The number of nitrogens with one attached hydrogen (secondary N) is 1. The number of hydrogen-bond donors (Lipinski definition) is 1. The van der Waals surface area contributed by atoms with Crippen LogP contribution in [-0.4, -0.2) is 26.4 Å². The van der Waals surface area contributed by atoms with Crippen LogP contribution in [0.5, 0.6) is 0 Å². The van der Waals surface area contributed by atoms with Crippen LogP contribution in [-0.2, 0) is 4.74 Å². The fraction of sp³-hybridized carbons (Fsp3) is 0.500. The highest BCUT2D eigenvalue weighted by atomic mass is 19.4. The highest BCUT2D eigenvalue weighted by Crippen LogP contribution is 2.19. The maximum Gasteiger partial charge on any atom is 0.411 e. The van der Waals surface area contributed by atoms with Crippen LogP contribution in [0, 0.1) is 12.7 Å². The van der Waals surface area contributed by atoms with Gasteiger partial charge in [-0.25, -0.2) is 4.39 Å². The summed E-state index contributed by atoms with van der Waals surface area (Å²) in [5.74, 6) is -0.343. The standard InChI is InChI=1S/C12H15F4NO/c1-8-5-9(3-4-10(8)13)11(17-2)6-18-7-12(14,15)16/h3-5,11,17H,6-7H2,1-2H3. The lowest BCUT2D eigenvalue weighted by Crippen LogP contribution is -2.25. The lowest BCUT2D eigenvalue weighted by molar-refractivity contribution is -0.175. The molecule has 0 aliphatic carbocycles. The average molecular weight is 265 g/mol. The largest absolute Gasteiger partial charge is 0.411 e. The molecule has 2 nitrogen and oxygen atoms in total. The Morgan fingerprint density at radius 2 is 2.00 bits per heavy atom. The number of benzene rings is 1. The highest BCUT2D eigenvalue weighted by molar-refractivity contribution is 5.26. The van der Waals surface area contributed by atoms with Gasteiger partial charge in [-0.2, -0.15) is 13.2 Å². The van der Waals surface area contributed by atoms with Crippen LogP contribution in [0.4, 0.5) is 17.6 Å². The van der Waals surface area contributed by atoms with Crippen molar-refractivity contribution in [3.8, 4) is 0 Å². The molecule has 102 valence electrons. The number of ether oxygens (including phenoxy) is 1. The normalized spacial score (nSPS) is 13.7. The van der Waals surface area contributed by atoms with E-state index < -0.39 is 18.8 Å². The van der Waals surface area contributed by atoms with Gasteiger partial charge >= 0.3 is 6.18 Å². The maximum atomic E-state index is 13.1. The van der Waals surface area contributed by atoms with Crippen molar-refractivity contribution in [2.75, 3.05) is 20.3 Å². The molecule has 0 heterocycles. The summed E-state index contributed by atoms with van der Waals surface area (Å²) in [6.07, 6.45) is -4.34. The van der Waals surface area contributed by atoms with Crippen LogP contribution in [0.3, 0.4) is 0 Å². The number of rotatable bonds is 5. The van der Waals surface area contributed by atoms with E-state index >= 15 is 0 Å². The average Bonchev–Trinajstić information content (AvgIpc) is 2.27. The zero-order valence-electron chi connectivity index (χ0n) is 10.1. The fourth-order valence-corrected chi connectivity index (χ4v) is 1.52. The summed E-state index contributed by atoms with van der Waals surface area (Å²) in [6.45, 7) is 0.189. The Morgan fingerprint density at radius 3 is 2.50 bits per heavy atom. The molecule has 1 rings (SSSR count). The molecule has 1 atom stereocenters. The fourth-order valence-electron chi connectivity index (χ4n) is 1.52. The van der Waals surface area contributed by atoms with Crippen LogP contribution in [0.2, 0.25) is 0 Å². The van der Waals surface area contributed by atoms with E-state index in [4.69, 9.17) is 0 Å². The highest BCUT2D eigenvalue weighted by Gasteiger charge is 2.28. The Kier molecular flexibility index (Phi) is 5.10. The second-order valence-corrected chi connectivity index (χ2v) is 3.98. The molecule has 0 aliphatic heterocycles. The summed E-state index contributed by atoms with van der Waals surface area (Å²) < 4.78 is 53.5. The first-order valence-corrected chi connectivity index (χ1v) is 5.41. The molecule has 0 bridgehead atoms. The van der Waals surface area contributed by atoms with Gasteiger partial charge in [0.25, 0.3) is 0 Å². The third kappa shape index (κ3) is 4.62. The van der Waals surface area contributed by atoms with Crippen molar-refractivity contribution in [2.24, 2.45) is 0 Å². The van der Waals surface area contributed by atoms with Gasteiger partial charge in [-0.1, -0.05) is 12.1 Å². The van der Waals surface area contributed by atoms with Crippen LogP contribution >= 0.6 is 0 Å². The van der Waals surface area contributed by atoms with Crippen LogP contribution < -0.4 is 5.32 Å². The van der Waals surface area contributed by atoms with E-state index in [0.29, 0.717) is 11.1 Å². The van der Waals surface area contributed by atoms with Gasteiger partial charge < -0.3 is 10.1 Å². The summed E-state index contributed by atoms with van der Waals surface area (Å²) in [4.78, 5) is 0. The van der Waals surface area contributed by atoms with Crippen molar-refractivity contribution in [3.63, 3.8) is 0 Å². The van der Waals surface area contributed by atoms with Crippen LogP contribution in [0.1, 0.15) is 17.2 Å². The van der Waals surface area contributed by atoms with Gasteiger partial charge in [-0.15, -0.1) is 0 Å². The first kappa shape index (κ1) is 14.9. The van der Waals surface area contributed by atoms with E-state index in [1.54, 1.807) is 20.0 Å². The van der Waals surface area contributed by atoms with E-state index in [1.165, 1.54) is 12.1 Å². The number of halogens is 4. The minimum Gasteiger partial charge on any atom is -0.370 e. The molecule has 1 N–H and O–H groups in total. The second kappa shape index (κ2) is 6.15. The smallest absolute Gasteiger partial charge is 0.370 e. The molecule has 6 heteroatoms. The van der Waals surface area contributed by atoms with Gasteiger partial charge in [0.2, 0.25) is 0 Å². The van der Waals surface area contributed by atoms with E-state index in [2.05, 4.69) is 10.1 Å². The molecule has 1 aromatic carbocycles. The molecular weight excluding hydrogens is 250 g/mol. The Bertz CT molecular complexity index is 392. The van der Waals surface area contributed by atoms with Crippen molar-refractivity contribution < 1.29 is 22.3 Å². The van der Waals surface area contributed by atoms with Gasteiger partial charge in [0.15, 0.2) is 0 Å². The van der Waals surface area contributed by atoms with Crippen molar-refractivity contribution in [3.05, 3.63) is 35.1 Å². The Balaban J connectivity index is 2.63. The third-order valence-electron chi connectivity index (χ3n) is 2.48. The second-order valence-electron chi connectivity index (χ2n) is 3.98. The summed E-state index contributed by atoms with van der Waals surface area (Å²) in [5.41, 5.74) is 1.14. The minimum atomic E-state index is -4.34. The zero-order valence-corrected chi connectivity index (χ0v) is 10.1. The molecule has 0 amide bonds. The number of likely N-dealkylation sites (N-methyl/N-ethyl adjacent to an activating group) is 1. The van der Waals surface area contributed by atoms with E-state index in [0.717, 1.165) is 0 Å². The summed E-state index contributed by atoms with van der Waals surface area (Å²) in [6, 6.07) is 4.01. The Morgan fingerprint density at radius 1 is 1.33 bits per heavy atom. The molecule has 0 spiro atoms. The van der Waals surface area contributed by atoms with Gasteiger partial charge in [0.05, 0.1) is 12.6 Å². The SMILES string of the molecule is CNC(COCC(F)(F)F)c1ccc(F)c(C)c1. The van der Waals surface area contributed by atoms with E-state index in [-0.39, 0.29) is 12.4 Å². The van der Waals surface area contributed by atoms with Crippen LogP contribution in [0.15, 0.2) is 18.2 Å². The molecular formula is C12H15F4NO. The predicted octanol–water partition coefficient (Wildman–Crippen LogP) is 2.97. The number of alkyl halides is 3. The predicted molar refractivity (Wildman–Crippen MR) is 59.8 cm³/mol. The van der Waals surface area contributed by atoms with Gasteiger partial charge in [-0.05, 0) is 31.2 Å². The number of hydrogen-bond acceptors (Lipinski definition) is 2. The summed E-state index contributed by atoms with van der Waals surface area (Å²) >= 11 is 0. The van der Waals surface area contributed by atoms with Crippen molar-refractivity contribution in [1.29, 1.82) is 0 Å². The molecule has 0 aliphatic rings. The zero-order chi connectivity index (χ0) is 13.8. The molecule has 0 aromatic heterocycles. The maximum absolute atomic E-state index is 13.1. The summed E-state index contributed by atoms with van der Waals surface area (Å²) in [5, 5.41) is 2.84. The van der Waals surface area contributed by atoms with E-state index in [9.17, 15) is 17.6 Å². The lowest BCUT2D eigenvalue weighted by atomic mass is 10.0. The Hall–Kier alpha value is -1.14. The quantitative estimate of drug-likeness (QED) is 0.826. The molecule has 0 saturated heterocycles. The van der Waals surface area contributed by atoms with Crippen molar-refractivity contribution >= 4 is 0 Å². The summed E-state index contributed by atoms with van der Waals surface area (Å²) in [7, 11) is 1.61. The topological polar surface area (TPSA) is 21.3 Å². The first-order chi connectivity index (χ1) is 8.33.